The second kappa shape index (κ2) is 5.32. The van der Waals surface area contributed by atoms with Crippen molar-refractivity contribution < 1.29 is 4.79 Å². The number of urea groups is 1. The van der Waals surface area contributed by atoms with Crippen molar-refractivity contribution in [2.24, 2.45) is 7.05 Å². The number of nitrogens with zero attached hydrogens (tertiary/aromatic N) is 3. The van der Waals surface area contributed by atoms with E-state index in [-0.39, 0.29) is 12.1 Å². The highest BCUT2D eigenvalue weighted by Crippen LogP contribution is 2.21. The molecule has 6 heteroatoms. The van der Waals surface area contributed by atoms with Gasteiger partial charge in [-0.05, 0) is 24.0 Å². The van der Waals surface area contributed by atoms with Gasteiger partial charge in [0.2, 0.25) is 0 Å². The molecule has 0 saturated carbocycles. The van der Waals surface area contributed by atoms with Crippen molar-refractivity contribution in [3.8, 4) is 0 Å². The molecule has 0 atom stereocenters. The Hall–Kier alpha value is -2.37. The summed E-state index contributed by atoms with van der Waals surface area (Å²) in [4.78, 5) is 15.9. The molecule has 20 heavy (non-hydrogen) atoms. The summed E-state index contributed by atoms with van der Waals surface area (Å²) >= 11 is 0. The molecule has 1 aromatic heterocycles. The van der Waals surface area contributed by atoms with Crippen molar-refractivity contribution >= 4 is 6.03 Å². The fourth-order valence-corrected chi connectivity index (χ4v) is 2.54. The standard InChI is InChI=1S/C14H17N5O/c1-19-13(16-9-17-19)8-15-14(20)18-12-6-10-4-2-3-5-11(10)7-12/h2-5,9,12H,6-8H2,1H3,(H2,15,18,20). The summed E-state index contributed by atoms with van der Waals surface area (Å²) in [6, 6.07) is 8.32. The molecule has 0 aliphatic heterocycles. The number of carbonyl (C=O) groups is 1. The van der Waals surface area contributed by atoms with E-state index in [0.29, 0.717) is 6.54 Å². The van der Waals surface area contributed by atoms with Gasteiger partial charge in [-0.15, -0.1) is 0 Å². The predicted molar refractivity (Wildman–Crippen MR) is 74.0 cm³/mol. The van der Waals surface area contributed by atoms with Gasteiger partial charge in [0.25, 0.3) is 0 Å². The van der Waals surface area contributed by atoms with E-state index >= 15 is 0 Å². The van der Waals surface area contributed by atoms with Gasteiger partial charge in [-0.3, -0.25) is 4.68 Å². The summed E-state index contributed by atoms with van der Waals surface area (Å²) < 4.78 is 1.64. The van der Waals surface area contributed by atoms with Crippen LogP contribution < -0.4 is 10.6 Å². The van der Waals surface area contributed by atoms with Crippen LogP contribution in [0.15, 0.2) is 30.6 Å². The van der Waals surface area contributed by atoms with Gasteiger partial charge in [-0.25, -0.2) is 9.78 Å². The SMILES string of the molecule is Cn1ncnc1CNC(=O)NC1Cc2ccccc2C1. The monoisotopic (exact) mass is 271 g/mol. The molecule has 1 aromatic carbocycles. The molecule has 0 fully saturated rings. The first kappa shape index (κ1) is 12.7. The minimum atomic E-state index is -0.161. The fourth-order valence-electron chi connectivity index (χ4n) is 2.54. The van der Waals surface area contributed by atoms with E-state index in [1.165, 1.54) is 17.5 Å². The minimum Gasteiger partial charge on any atom is -0.335 e. The summed E-state index contributed by atoms with van der Waals surface area (Å²) in [5.74, 6) is 0.731. The lowest BCUT2D eigenvalue weighted by Crippen LogP contribution is -2.42. The van der Waals surface area contributed by atoms with Crippen LogP contribution in [0.5, 0.6) is 0 Å². The molecular formula is C14H17N5O. The van der Waals surface area contributed by atoms with Crippen LogP contribution in [0.1, 0.15) is 17.0 Å². The summed E-state index contributed by atoms with van der Waals surface area (Å²) in [6.07, 6.45) is 3.27. The average molecular weight is 271 g/mol. The quantitative estimate of drug-likeness (QED) is 0.866. The number of nitrogens with one attached hydrogen (secondary N) is 2. The van der Waals surface area contributed by atoms with Crippen molar-refractivity contribution in [1.82, 2.24) is 25.4 Å². The van der Waals surface area contributed by atoms with Crippen LogP contribution in [0, 0.1) is 0 Å². The highest BCUT2D eigenvalue weighted by Gasteiger charge is 2.22. The lowest BCUT2D eigenvalue weighted by atomic mass is 10.1. The summed E-state index contributed by atoms with van der Waals surface area (Å²) in [6.45, 7) is 0.377. The third kappa shape index (κ3) is 2.64. The van der Waals surface area contributed by atoms with Crippen LogP contribution in [0.4, 0.5) is 4.79 Å². The number of hydrogen-bond acceptors (Lipinski definition) is 3. The van der Waals surface area contributed by atoms with Crippen LogP contribution in [0.25, 0.3) is 0 Å². The van der Waals surface area contributed by atoms with Gasteiger partial charge in [0.1, 0.15) is 12.2 Å². The molecule has 2 aromatic rings. The molecule has 3 rings (SSSR count). The number of carbonyl (C=O) groups excluding carboxylic acids is 1. The lowest BCUT2D eigenvalue weighted by molar-refractivity contribution is 0.236. The molecule has 2 amide bonds. The van der Waals surface area contributed by atoms with Gasteiger partial charge >= 0.3 is 6.03 Å². The van der Waals surface area contributed by atoms with Crippen LogP contribution in [-0.2, 0) is 26.4 Å². The Kier molecular flexibility index (Phi) is 3.37. The highest BCUT2D eigenvalue weighted by atomic mass is 16.2. The Morgan fingerprint density at radius 1 is 1.35 bits per heavy atom. The van der Waals surface area contributed by atoms with Crippen LogP contribution >= 0.6 is 0 Å². The Morgan fingerprint density at radius 2 is 2.05 bits per heavy atom. The third-order valence-electron chi connectivity index (χ3n) is 3.60. The fraction of sp³-hybridized carbons (Fsp3) is 0.357. The largest absolute Gasteiger partial charge is 0.335 e. The lowest BCUT2D eigenvalue weighted by Gasteiger charge is -2.12. The van der Waals surface area contributed by atoms with Crippen molar-refractivity contribution in [2.75, 3.05) is 0 Å². The van der Waals surface area contributed by atoms with Gasteiger partial charge in [-0.1, -0.05) is 24.3 Å². The van der Waals surface area contributed by atoms with E-state index in [1.54, 1.807) is 11.7 Å². The van der Waals surface area contributed by atoms with Crippen LogP contribution in [0.3, 0.4) is 0 Å². The molecule has 0 bridgehead atoms. The van der Waals surface area contributed by atoms with Crippen molar-refractivity contribution in [2.45, 2.75) is 25.4 Å². The Labute approximate surface area is 117 Å². The topological polar surface area (TPSA) is 71.8 Å². The number of aromatic nitrogens is 3. The number of benzene rings is 1. The second-order valence-electron chi connectivity index (χ2n) is 5.00. The van der Waals surface area contributed by atoms with Gasteiger partial charge < -0.3 is 10.6 Å². The maximum Gasteiger partial charge on any atom is 0.315 e. The zero-order valence-electron chi connectivity index (χ0n) is 11.3. The predicted octanol–water partition coefficient (Wildman–Crippen LogP) is 0.782. The van der Waals surface area contributed by atoms with Crippen molar-refractivity contribution in [1.29, 1.82) is 0 Å². The summed E-state index contributed by atoms with van der Waals surface area (Å²) in [5.41, 5.74) is 2.65. The number of amides is 2. The molecule has 1 aliphatic rings. The smallest absolute Gasteiger partial charge is 0.315 e. The van der Waals surface area contributed by atoms with E-state index in [9.17, 15) is 4.79 Å². The molecule has 0 unspecified atom stereocenters. The molecule has 6 nitrogen and oxygen atoms in total. The third-order valence-corrected chi connectivity index (χ3v) is 3.60. The summed E-state index contributed by atoms with van der Waals surface area (Å²) in [7, 11) is 1.80. The molecule has 104 valence electrons. The Bertz CT molecular complexity index is 597. The van der Waals surface area contributed by atoms with Crippen LogP contribution in [-0.4, -0.2) is 26.8 Å². The second-order valence-corrected chi connectivity index (χ2v) is 5.00. The number of aryl methyl sites for hydroxylation is 1. The number of rotatable bonds is 3. The molecule has 0 saturated heterocycles. The first-order valence-electron chi connectivity index (χ1n) is 6.66. The normalized spacial score (nSPS) is 14.1. The maximum absolute atomic E-state index is 11.9. The van der Waals surface area contributed by atoms with Crippen molar-refractivity contribution in [3.63, 3.8) is 0 Å². The Balaban J connectivity index is 1.50. The molecule has 0 spiro atoms. The number of fused-ring (bicyclic) bond motifs is 1. The Morgan fingerprint density at radius 3 is 2.65 bits per heavy atom. The minimum absolute atomic E-state index is 0.161. The first-order chi connectivity index (χ1) is 9.72. The van der Waals surface area contributed by atoms with E-state index in [4.69, 9.17) is 0 Å². The number of hydrogen-bond donors (Lipinski definition) is 2. The molecule has 1 aliphatic carbocycles. The molecular weight excluding hydrogens is 254 g/mol. The van der Waals surface area contributed by atoms with Gasteiger partial charge in [0.15, 0.2) is 0 Å². The molecule has 1 heterocycles. The van der Waals surface area contributed by atoms with E-state index in [1.807, 2.05) is 12.1 Å². The first-order valence-corrected chi connectivity index (χ1v) is 6.66. The summed E-state index contributed by atoms with van der Waals surface area (Å²) in [5, 5.41) is 9.77. The zero-order valence-corrected chi connectivity index (χ0v) is 11.3. The van der Waals surface area contributed by atoms with E-state index in [2.05, 4.69) is 32.8 Å². The van der Waals surface area contributed by atoms with Gasteiger partial charge in [0, 0.05) is 13.1 Å². The van der Waals surface area contributed by atoms with E-state index in [0.717, 1.165) is 18.7 Å². The maximum atomic E-state index is 11.9. The van der Waals surface area contributed by atoms with Gasteiger partial charge in [0.05, 0.1) is 6.54 Å². The van der Waals surface area contributed by atoms with Gasteiger partial charge in [-0.2, -0.15) is 5.10 Å². The average Bonchev–Trinajstić information content (AvgIpc) is 3.01. The zero-order chi connectivity index (χ0) is 13.9. The van der Waals surface area contributed by atoms with Crippen LogP contribution in [0.2, 0.25) is 0 Å². The molecule has 2 N–H and O–H groups in total. The van der Waals surface area contributed by atoms with E-state index < -0.39 is 0 Å². The highest BCUT2D eigenvalue weighted by molar-refractivity contribution is 5.74. The molecule has 0 radical (unpaired) electrons. The van der Waals surface area contributed by atoms with Crippen molar-refractivity contribution in [3.05, 3.63) is 47.5 Å².